The van der Waals surface area contributed by atoms with Crippen molar-refractivity contribution in [2.24, 2.45) is 5.73 Å². The smallest absolute Gasteiger partial charge is 0.238 e. The Labute approximate surface area is 109 Å². The maximum Gasteiger partial charge on any atom is 0.238 e. The first-order valence-electron chi connectivity index (χ1n) is 6.30. The van der Waals surface area contributed by atoms with Gasteiger partial charge in [0.25, 0.3) is 0 Å². The lowest BCUT2D eigenvalue weighted by Crippen LogP contribution is -2.45. The van der Waals surface area contributed by atoms with Crippen LogP contribution in [-0.4, -0.2) is 25.1 Å². The first-order chi connectivity index (χ1) is 8.54. The SMILES string of the molecule is CCNC(COc1cccc(C(C)C)c1)C(N)=O. The summed E-state index contributed by atoms with van der Waals surface area (Å²) >= 11 is 0. The van der Waals surface area contributed by atoms with Crippen molar-refractivity contribution in [2.75, 3.05) is 13.2 Å². The van der Waals surface area contributed by atoms with E-state index in [0.717, 1.165) is 5.75 Å². The summed E-state index contributed by atoms with van der Waals surface area (Å²) in [6.45, 7) is 7.12. The van der Waals surface area contributed by atoms with Gasteiger partial charge in [-0.3, -0.25) is 4.79 Å². The number of benzene rings is 1. The van der Waals surface area contributed by atoms with Crippen molar-refractivity contribution in [3.63, 3.8) is 0 Å². The molecular formula is C14H22N2O2. The lowest BCUT2D eigenvalue weighted by molar-refractivity contribution is -0.120. The normalized spacial score (nSPS) is 12.4. The van der Waals surface area contributed by atoms with E-state index in [0.29, 0.717) is 12.5 Å². The average molecular weight is 250 g/mol. The van der Waals surface area contributed by atoms with Gasteiger partial charge in [-0.25, -0.2) is 0 Å². The van der Waals surface area contributed by atoms with Gasteiger partial charge in [-0.15, -0.1) is 0 Å². The summed E-state index contributed by atoms with van der Waals surface area (Å²) in [6.07, 6.45) is 0. The Morgan fingerprint density at radius 2 is 2.17 bits per heavy atom. The highest BCUT2D eigenvalue weighted by Gasteiger charge is 2.14. The summed E-state index contributed by atoms with van der Waals surface area (Å²) in [5.41, 5.74) is 6.50. The van der Waals surface area contributed by atoms with Crippen LogP contribution in [0.2, 0.25) is 0 Å². The topological polar surface area (TPSA) is 64.3 Å². The number of carbonyl (C=O) groups excluding carboxylic acids is 1. The summed E-state index contributed by atoms with van der Waals surface area (Å²) in [4.78, 5) is 11.2. The average Bonchev–Trinajstić information content (AvgIpc) is 2.34. The van der Waals surface area contributed by atoms with Crippen LogP contribution in [0.3, 0.4) is 0 Å². The zero-order valence-electron chi connectivity index (χ0n) is 11.3. The number of carbonyl (C=O) groups is 1. The van der Waals surface area contributed by atoms with Gasteiger partial charge in [0.15, 0.2) is 0 Å². The van der Waals surface area contributed by atoms with Crippen molar-refractivity contribution in [1.29, 1.82) is 0 Å². The van der Waals surface area contributed by atoms with Gasteiger partial charge in [-0.05, 0) is 30.2 Å². The summed E-state index contributed by atoms with van der Waals surface area (Å²) in [6, 6.07) is 7.45. The lowest BCUT2D eigenvalue weighted by Gasteiger charge is -2.16. The van der Waals surface area contributed by atoms with E-state index in [9.17, 15) is 4.79 Å². The van der Waals surface area contributed by atoms with Gasteiger partial charge in [-0.2, -0.15) is 0 Å². The van der Waals surface area contributed by atoms with Crippen LogP contribution in [0.5, 0.6) is 5.75 Å². The van der Waals surface area contributed by atoms with Crippen molar-refractivity contribution in [3.05, 3.63) is 29.8 Å². The second kappa shape index (κ2) is 7.01. The Morgan fingerprint density at radius 1 is 1.44 bits per heavy atom. The van der Waals surface area contributed by atoms with Gasteiger partial charge >= 0.3 is 0 Å². The Balaban J connectivity index is 2.61. The molecule has 1 atom stereocenters. The molecule has 100 valence electrons. The van der Waals surface area contributed by atoms with Gasteiger partial charge in [0.1, 0.15) is 18.4 Å². The number of hydrogen-bond acceptors (Lipinski definition) is 3. The Kier molecular flexibility index (Phi) is 5.65. The molecule has 1 rings (SSSR count). The molecular weight excluding hydrogens is 228 g/mol. The lowest BCUT2D eigenvalue weighted by atomic mass is 10.0. The number of amides is 1. The number of nitrogens with two attached hydrogens (primary N) is 1. The van der Waals surface area contributed by atoms with E-state index in [1.165, 1.54) is 5.56 Å². The maximum atomic E-state index is 11.2. The Bertz CT molecular complexity index is 391. The summed E-state index contributed by atoms with van der Waals surface area (Å²) in [5, 5.41) is 2.99. The zero-order valence-corrected chi connectivity index (χ0v) is 11.3. The summed E-state index contributed by atoms with van der Waals surface area (Å²) in [7, 11) is 0. The number of primary amides is 1. The fraction of sp³-hybridized carbons (Fsp3) is 0.500. The molecule has 0 fully saturated rings. The maximum absolute atomic E-state index is 11.2. The molecule has 0 heterocycles. The van der Waals surface area contributed by atoms with Crippen molar-refractivity contribution < 1.29 is 9.53 Å². The highest BCUT2D eigenvalue weighted by Crippen LogP contribution is 2.20. The molecule has 18 heavy (non-hydrogen) atoms. The third-order valence-electron chi connectivity index (χ3n) is 2.74. The van der Waals surface area contributed by atoms with Gasteiger partial charge in [-0.1, -0.05) is 32.9 Å². The monoisotopic (exact) mass is 250 g/mol. The van der Waals surface area contributed by atoms with E-state index in [-0.39, 0.29) is 6.61 Å². The first-order valence-corrected chi connectivity index (χ1v) is 6.30. The highest BCUT2D eigenvalue weighted by molar-refractivity contribution is 5.80. The molecule has 0 bridgehead atoms. The van der Waals surface area contributed by atoms with Gasteiger partial charge in [0, 0.05) is 0 Å². The van der Waals surface area contributed by atoms with Crippen molar-refractivity contribution >= 4 is 5.91 Å². The van der Waals surface area contributed by atoms with E-state index in [1.54, 1.807) is 0 Å². The van der Waals surface area contributed by atoms with Gasteiger partial charge < -0.3 is 15.8 Å². The largest absolute Gasteiger partial charge is 0.491 e. The number of nitrogens with one attached hydrogen (secondary N) is 1. The van der Waals surface area contributed by atoms with E-state index in [4.69, 9.17) is 10.5 Å². The second-order valence-corrected chi connectivity index (χ2v) is 4.55. The molecule has 1 aromatic rings. The van der Waals surface area contributed by atoms with Crippen molar-refractivity contribution in [2.45, 2.75) is 32.7 Å². The molecule has 0 aliphatic carbocycles. The minimum atomic E-state index is -0.447. The molecule has 1 unspecified atom stereocenters. The van der Waals surface area contributed by atoms with Crippen LogP contribution in [0.4, 0.5) is 0 Å². The number of likely N-dealkylation sites (N-methyl/N-ethyl adjacent to an activating group) is 1. The molecule has 4 nitrogen and oxygen atoms in total. The predicted octanol–water partition coefficient (Wildman–Crippen LogP) is 1.65. The molecule has 4 heteroatoms. The highest BCUT2D eigenvalue weighted by atomic mass is 16.5. The minimum absolute atomic E-state index is 0.255. The van der Waals surface area contributed by atoms with E-state index in [1.807, 2.05) is 25.1 Å². The molecule has 0 aliphatic rings. The fourth-order valence-corrected chi connectivity index (χ4v) is 1.63. The van der Waals surface area contributed by atoms with E-state index < -0.39 is 11.9 Å². The molecule has 0 radical (unpaired) electrons. The van der Waals surface area contributed by atoms with Crippen LogP contribution in [0, 0.1) is 0 Å². The molecule has 1 aromatic carbocycles. The number of ether oxygens (including phenoxy) is 1. The Morgan fingerprint density at radius 3 is 2.72 bits per heavy atom. The number of rotatable bonds is 7. The standard InChI is InChI=1S/C14H22N2O2/c1-4-16-13(14(15)17)9-18-12-7-5-6-11(8-12)10(2)3/h5-8,10,13,16H,4,9H2,1-3H3,(H2,15,17). The third kappa shape index (κ3) is 4.37. The quantitative estimate of drug-likeness (QED) is 0.773. The van der Waals surface area contributed by atoms with Crippen LogP contribution < -0.4 is 15.8 Å². The van der Waals surface area contributed by atoms with Crippen LogP contribution >= 0.6 is 0 Å². The van der Waals surface area contributed by atoms with Gasteiger partial charge in [0.05, 0.1) is 0 Å². The molecule has 3 N–H and O–H groups in total. The van der Waals surface area contributed by atoms with Gasteiger partial charge in [0.2, 0.25) is 5.91 Å². The molecule has 0 aromatic heterocycles. The molecule has 0 spiro atoms. The van der Waals surface area contributed by atoms with E-state index in [2.05, 4.69) is 25.2 Å². The molecule has 1 amide bonds. The van der Waals surface area contributed by atoms with Crippen LogP contribution in [0.15, 0.2) is 24.3 Å². The number of hydrogen-bond donors (Lipinski definition) is 2. The van der Waals surface area contributed by atoms with Crippen LogP contribution in [0.1, 0.15) is 32.3 Å². The summed E-state index contributed by atoms with van der Waals surface area (Å²) < 4.78 is 5.61. The fourth-order valence-electron chi connectivity index (χ4n) is 1.63. The van der Waals surface area contributed by atoms with E-state index >= 15 is 0 Å². The third-order valence-corrected chi connectivity index (χ3v) is 2.74. The van der Waals surface area contributed by atoms with Crippen LogP contribution in [-0.2, 0) is 4.79 Å². The first kappa shape index (κ1) is 14.5. The summed E-state index contributed by atoms with van der Waals surface area (Å²) in [5.74, 6) is 0.830. The minimum Gasteiger partial charge on any atom is -0.491 e. The molecule has 0 saturated heterocycles. The molecule has 0 saturated carbocycles. The second-order valence-electron chi connectivity index (χ2n) is 4.55. The predicted molar refractivity (Wildman–Crippen MR) is 72.7 cm³/mol. The van der Waals surface area contributed by atoms with Crippen molar-refractivity contribution in [1.82, 2.24) is 5.32 Å². The van der Waals surface area contributed by atoms with Crippen LogP contribution in [0.25, 0.3) is 0 Å². The zero-order chi connectivity index (χ0) is 13.5. The van der Waals surface area contributed by atoms with Crippen molar-refractivity contribution in [3.8, 4) is 5.75 Å². The molecule has 0 aliphatic heterocycles. The Hall–Kier alpha value is -1.55.